The van der Waals surface area contributed by atoms with E-state index in [9.17, 15) is 8.42 Å². The van der Waals surface area contributed by atoms with E-state index in [2.05, 4.69) is 15.9 Å². The normalized spacial score (nSPS) is 21.5. The van der Waals surface area contributed by atoms with Gasteiger partial charge in [0.15, 0.2) is 0 Å². The first-order valence-electron chi connectivity index (χ1n) is 6.39. The lowest BCUT2D eigenvalue weighted by atomic mass is 10.0. The molecule has 6 heteroatoms. The molecular formula is C13H17BrClNO2S. The Hall–Kier alpha value is -0.100. The molecule has 106 valence electrons. The molecule has 1 aliphatic rings. The average molecular weight is 367 g/mol. The summed E-state index contributed by atoms with van der Waals surface area (Å²) in [6.45, 7) is 0.597. The Bertz CT molecular complexity index is 516. The van der Waals surface area contributed by atoms with Gasteiger partial charge in [-0.3, -0.25) is 0 Å². The van der Waals surface area contributed by atoms with Gasteiger partial charge in [0.25, 0.3) is 0 Å². The molecule has 1 aromatic rings. The molecule has 19 heavy (non-hydrogen) atoms. The van der Waals surface area contributed by atoms with Crippen LogP contribution in [0.5, 0.6) is 0 Å². The van der Waals surface area contributed by atoms with E-state index >= 15 is 0 Å². The van der Waals surface area contributed by atoms with Gasteiger partial charge in [0.2, 0.25) is 10.0 Å². The lowest BCUT2D eigenvalue weighted by Crippen LogP contribution is -2.43. The molecule has 1 atom stereocenters. The third kappa shape index (κ3) is 3.51. The second-order valence-corrected chi connectivity index (χ2v) is 7.88. The topological polar surface area (TPSA) is 37.4 Å². The lowest BCUT2D eigenvalue weighted by molar-refractivity contribution is 0.247. The maximum Gasteiger partial charge on any atom is 0.243 e. The van der Waals surface area contributed by atoms with Crippen molar-refractivity contribution in [3.05, 3.63) is 28.7 Å². The molecule has 0 radical (unpaired) electrons. The van der Waals surface area contributed by atoms with Crippen molar-refractivity contribution in [3.63, 3.8) is 0 Å². The van der Waals surface area contributed by atoms with E-state index < -0.39 is 10.0 Å². The molecule has 1 unspecified atom stereocenters. The Morgan fingerprint density at radius 1 is 1.26 bits per heavy atom. The van der Waals surface area contributed by atoms with Crippen LogP contribution in [-0.2, 0) is 10.0 Å². The average Bonchev–Trinajstić information content (AvgIpc) is 2.40. The van der Waals surface area contributed by atoms with E-state index in [1.165, 1.54) is 0 Å². The maximum atomic E-state index is 12.7. The molecule has 1 aromatic carbocycles. The van der Waals surface area contributed by atoms with E-state index in [0.29, 0.717) is 17.3 Å². The summed E-state index contributed by atoms with van der Waals surface area (Å²) in [6.07, 6.45) is 3.63. The van der Waals surface area contributed by atoms with Crippen LogP contribution in [0.1, 0.15) is 25.7 Å². The Balaban J connectivity index is 2.28. The largest absolute Gasteiger partial charge is 0.243 e. The highest BCUT2D eigenvalue weighted by Crippen LogP contribution is 2.27. The fourth-order valence-corrected chi connectivity index (χ4v) is 4.69. The van der Waals surface area contributed by atoms with Crippen molar-refractivity contribution in [2.24, 2.45) is 0 Å². The molecule has 1 heterocycles. The van der Waals surface area contributed by atoms with E-state index in [-0.39, 0.29) is 6.04 Å². The van der Waals surface area contributed by atoms with Gasteiger partial charge < -0.3 is 0 Å². The zero-order chi connectivity index (χ0) is 13.9. The summed E-state index contributed by atoms with van der Waals surface area (Å²) < 4.78 is 27.8. The van der Waals surface area contributed by atoms with Crippen LogP contribution in [0.25, 0.3) is 0 Å². The molecule has 0 bridgehead atoms. The molecule has 0 aliphatic carbocycles. The van der Waals surface area contributed by atoms with Crippen LogP contribution >= 0.6 is 27.5 Å². The van der Waals surface area contributed by atoms with E-state index in [1.807, 2.05) is 0 Å². The maximum absolute atomic E-state index is 12.7. The first-order chi connectivity index (χ1) is 9.05. The van der Waals surface area contributed by atoms with Crippen molar-refractivity contribution in [2.75, 3.05) is 12.4 Å². The van der Waals surface area contributed by atoms with Crippen LogP contribution in [-0.4, -0.2) is 31.2 Å². The molecule has 2 rings (SSSR count). The zero-order valence-corrected chi connectivity index (χ0v) is 13.7. The Kier molecular flexibility index (Phi) is 5.29. The number of rotatable bonds is 4. The molecule has 1 aliphatic heterocycles. The van der Waals surface area contributed by atoms with Gasteiger partial charge in [0.1, 0.15) is 0 Å². The van der Waals surface area contributed by atoms with Crippen molar-refractivity contribution >= 4 is 37.6 Å². The monoisotopic (exact) mass is 365 g/mol. The first kappa shape index (κ1) is 15.3. The second-order valence-electron chi connectivity index (χ2n) is 4.70. The SMILES string of the molecule is O=S(=O)(c1ccc(Br)cc1)N1CCCCC1CCCl. The predicted molar refractivity (Wildman–Crippen MR) is 81.0 cm³/mol. The number of hydrogen-bond acceptors (Lipinski definition) is 2. The summed E-state index contributed by atoms with van der Waals surface area (Å²) in [4.78, 5) is 0.358. The Morgan fingerprint density at radius 3 is 2.58 bits per heavy atom. The van der Waals surface area contributed by atoms with Crippen molar-refractivity contribution in [1.29, 1.82) is 0 Å². The summed E-state index contributed by atoms with van der Waals surface area (Å²) in [6, 6.07) is 6.85. The van der Waals surface area contributed by atoms with Gasteiger partial charge in [-0.25, -0.2) is 8.42 Å². The van der Waals surface area contributed by atoms with Crippen molar-refractivity contribution in [1.82, 2.24) is 4.31 Å². The summed E-state index contributed by atoms with van der Waals surface area (Å²) >= 11 is 9.11. The van der Waals surface area contributed by atoms with Crippen LogP contribution < -0.4 is 0 Å². The highest BCUT2D eigenvalue weighted by atomic mass is 79.9. The Morgan fingerprint density at radius 2 is 1.95 bits per heavy atom. The number of benzene rings is 1. The van der Waals surface area contributed by atoms with Crippen molar-refractivity contribution in [3.8, 4) is 0 Å². The highest BCUT2D eigenvalue weighted by Gasteiger charge is 2.32. The molecule has 0 N–H and O–H groups in total. The number of alkyl halides is 1. The molecule has 1 saturated heterocycles. The highest BCUT2D eigenvalue weighted by molar-refractivity contribution is 9.10. The molecule has 0 amide bonds. The number of nitrogens with zero attached hydrogens (tertiary/aromatic N) is 1. The first-order valence-corrected chi connectivity index (χ1v) is 9.16. The number of halogens is 2. The van der Waals surface area contributed by atoms with Gasteiger partial charge >= 0.3 is 0 Å². The van der Waals surface area contributed by atoms with Crippen molar-refractivity contribution in [2.45, 2.75) is 36.6 Å². The number of piperidine rings is 1. The summed E-state index contributed by atoms with van der Waals surface area (Å²) in [7, 11) is -3.40. The van der Waals surface area contributed by atoms with Gasteiger partial charge in [-0.05, 0) is 43.5 Å². The van der Waals surface area contributed by atoms with Crippen LogP contribution in [0.15, 0.2) is 33.6 Å². The fourth-order valence-electron chi connectivity index (χ4n) is 2.45. The van der Waals surface area contributed by atoms with E-state index in [0.717, 1.165) is 30.2 Å². The van der Waals surface area contributed by atoms with Gasteiger partial charge in [-0.15, -0.1) is 11.6 Å². The fraction of sp³-hybridized carbons (Fsp3) is 0.538. The summed E-state index contributed by atoms with van der Waals surface area (Å²) in [5.74, 6) is 0.497. The minimum absolute atomic E-state index is 0.0416. The smallest absolute Gasteiger partial charge is 0.207 e. The molecular weight excluding hydrogens is 350 g/mol. The van der Waals surface area contributed by atoms with Gasteiger partial charge in [0.05, 0.1) is 4.90 Å². The molecule has 0 saturated carbocycles. The molecule has 0 aromatic heterocycles. The van der Waals surface area contributed by atoms with E-state index in [4.69, 9.17) is 11.6 Å². The number of hydrogen-bond donors (Lipinski definition) is 0. The second kappa shape index (κ2) is 6.57. The Labute approximate surface area is 128 Å². The minimum atomic E-state index is -3.40. The van der Waals surface area contributed by atoms with Crippen LogP contribution in [0.4, 0.5) is 0 Å². The van der Waals surface area contributed by atoms with E-state index in [1.54, 1.807) is 28.6 Å². The third-order valence-electron chi connectivity index (χ3n) is 3.44. The lowest BCUT2D eigenvalue weighted by Gasteiger charge is -2.34. The van der Waals surface area contributed by atoms with Crippen LogP contribution in [0, 0.1) is 0 Å². The van der Waals surface area contributed by atoms with Gasteiger partial charge in [-0.1, -0.05) is 22.4 Å². The molecule has 1 fully saturated rings. The summed E-state index contributed by atoms with van der Waals surface area (Å²) in [5, 5.41) is 0. The molecule has 0 spiro atoms. The van der Waals surface area contributed by atoms with Gasteiger partial charge in [-0.2, -0.15) is 4.31 Å². The molecule has 3 nitrogen and oxygen atoms in total. The third-order valence-corrected chi connectivity index (χ3v) is 6.15. The standard InChI is InChI=1S/C13H17BrClNO2S/c14-11-4-6-13(7-5-11)19(17,18)16-10-2-1-3-12(16)8-9-15/h4-7,12H,1-3,8-10H2. The van der Waals surface area contributed by atoms with Crippen LogP contribution in [0.3, 0.4) is 0 Å². The minimum Gasteiger partial charge on any atom is -0.207 e. The van der Waals surface area contributed by atoms with Crippen LogP contribution in [0.2, 0.25) is 0 Å². The number of sulfonamides is 1. The van der Waals surface area contributed by atoms with Gasteiger partial charge in [0, 0.05) is 22.9 Å². The van der Waals surface area contributed by atoms with Crippen molar-refractivity contribution < 1.29 is 8.42 Å². The quantitative estimate of drug-likeness (QED) is 0.763. The zero-order valence-electron chi connectivity index (χ0n) is 10.6. The summed E-state index contributed by atoms with van der Waals surface area (Å²) in [5.41, 5.74) is 0. The predicted octanol–water partition coefficient (Wildman–Crippen LogP) is 3.62.